The lowest BCUT2D eigenvalue weighted by Gasteiger charge is -2.25. The smallest absolute Gasteiger partial charge is 0.00559 e. The molecule has 0 radical (unpaired) electrons. The highest BCUT2D eigenvalue weighted by atomic mass is 15.1. The number of rotatable bonds is 7. The van der Waals surface area contributed by atoms with Crippen molar-refractivity contribution < 1.29 is 0 Å². The van der Waals surface area contributed by atoms with Crippen molar-refractivity contribution in [3.8, 4) is 0 Å². The molecule has 108 valence electrons. The molecule has 2 N–H and O–H groups in total. The van der Waals surface area contributed by atoms with E-state index in [4.69, 9.17) is 5.73 Å². The van der Waals surface area contributed by atoms with E-state index in [1.54, 1.807) is 0 Å². The summed E-state index contributed by atoms with van der Waals surface area (Å²) in [5, 5.41) is 0. The third kappa shape index (κ3) is 8.02. The van der Waals surface area contributed by atoms with Gasteiger partial charge in [0.2, 0.25) is 0 Å². The molecule has 0 saturated heterocycles. The number of benzene rings is 1. The van der Waals surface area contributed by atoms with Crippen LogP contribution in [0.1, 0.15) is 39.2 Å². The molecule has 0 aliphatic heterocycles. The number of hydrogen-bond donors (Lipinski definition) is 1. The van der Waals surface area contributed by atoms with Crippen LogP contribution >= 0.6 is 0 Å². The van der Waals surface area contributed by atoms with Gasteiger partial charge >= 0.3 is 0 Å². The van der Waals surface area contributed by atoms with Crippen LogP contribution in [0, 0.1) is 5.41 Å². The van der Waals surface area contributed by atoms with E-state index in [9.17, 15) is 0 Å². The van der Waals surface area contributed by atoms with Gasteiger partial charge in [-0.25, -0.2) is 0 Å². The maximum atomic E-state index is 6.19. The molecule has 0 fully saturated rings. The number of nitrogens with two attached hydrogens (primary N) is 1. The highest BCUT2D eigenvalue weighted by molar-refractivity contribution is 5.14. The summed E-state index contributed by atoms with van der Waals surface area (Å²) in [6.45, 7) is 8.96. The van der Waals surface area contributed by atoms with Gasteiger partial charge in [0.05, 0.1) is 0 Å². The zero-order valence-corrected chi connectivity index (χ0v) is 13.0. The Morgan fingerprint density at radius 2 is 1.74 bits per heavy atom. The average Bonchev–Trinajstić information content (AvgIpc) is 2.33. The predicted octanol–water partition coefficient (Wildman–Crippen LogP) is 3.31. The van der Waals surface area contributed by atoms with Gasteiger partial charge < -0.3 is 10.6 Å². The van der Waals surface area contributed by atoms with Gasteiger partial charge in [0, 0.05) is 12.6 Å². The molecule has 0 amide bonds. The molecule has 2 nitrogen and oxygen atoms in total. The van der Waals surface area contributed by atoms with Crippen LogP contribution in [-0.4, -0.2) is 31.1 Å². The summed E-state index contributed by atoms with van der Waals surface area (Å²) in [5.74, 6) is 0. The zero-order chi connectivity index (χ0) is 14.3. The molecule has 1 aromatic rings. The molecule has 2 heteroatoms. The normalized spacial score (nSPS) is 13.8. The minimum atomic E-state index is 0.319. The molecule has 0 aliphatic rings. The molecule has 19 heavy (non-hydrogen) atoms. The molecule has 0 bridgehead atoms. The van der Waals surface area contributed by atoms with Crippen molar-refractivity contribution in [3.05, 3.63) is 35.9 Å². The molecule has 1 unspecified atom stereocenters. The van der Waals surface area contributed by atoms with Crippen molar-refractivity contribution in [2.75, 3.05) is 20.1 Å². The van der Waals surface area contributed by atoms with Crippen molar-refractivity contribution in [2.24, 2.45) is 11.1 Å². The van der Waals surface area contributed by atoms with Gasteiger partial charge in [-0.15, -0.1) is 0 Å². The van der Waals surface area contributed by atoms with Crippen LogP contribution in [0.4, 0.5) is 0 Å². The minimum Gasteiger partial charge on any atom is -0.328 e. The van der Waals surface area contributed by atoms with E-state index in [2.05, 4.69) is 63.1 Å². The van der Waals surface area contributed by atoms with E-state index in [1.165, 1.54) is 5.56 Å². The van der Waals surface area contributed by atoms with E-state index in [-0.39, 0.29) is 0 Å². The predicted molar refractivity (Wildman–Crippen MR) is 84.3 cm³/mol. The topological polar surface area (TPSA) is 29.3 Å². The summed E-state index contributed by atoms with van der Waals surface area (Å²) in [7, 11) is 2.19. The Bertz CT molecular complexity index is 340. The van der Waals surface area contributed by atoms with Crippen molar-refractivity contribution in [1.29, 1.82) is 0 Å². The molecule has 0 saturated carbocycles. The first-order valence-electron chi connectivity index (χ1n) is 7.35. The van der Waals surface area contributed by atoms with Gasteiger partial charge in [-0.2, -0.15) is 0 Å². The molecular weight excluding hydrogens is 232 g/mol. The van der Waals surface area contributed by atoms with Crippen LogP contribution in [0.3, 0.4) is 0 Å². The lowest BCUT2D eigenvalue weighted by atomic mass is 9.87. The highest BCUT2D eigenvalue weighted by Gasteiger charge is 2.15. The van der Waals surface area contributed by atoms with Crippen LogP contribution in [0.15, 0.2) is 30.3 Å². The quantitative estimate of drug-likeness (QED) is 0.817. The van der Waals surface area contributed by atoms with E-state index in [1.807, 2.05) is 0 Å². The fraction of sp³-hybridized carbons (Fsp3) is 0.647. The van der Waals surface area contributed by atoms with E-state index < -0.39 is 0 Å². The fourth-order valence-corrected chi connectivity index (χ4v) is 2.35. The Labute approximate surface area is 119 Å². The van der Waals surface area contributed by atoms with E-state index in [0.717, 1.165) is 32.4 Å². The number of nitrogens with zero attached hydrogens (tertiary/aromatic N) is 1. The number of likely N-dealkylation sites (N-methyl/N-ethyl adjacent to an activating group) is 1. The van der Waals surface area contributed by atoms with E-state index >= 15 is 0 Å². The molecule has 0 aromatic heterocycles. The maximum Gasteiger partial charge on any atom is 0.00559 e. The Morgan fingerprint density at radius 3 is 2.32 bits per heavy atom. The lowest BCUT2D eigenvalue weighted by Crippen LogP contribution is -2.32. The van der Waals surface area contributed by atoms with Crippen LogP contribution in [0.25, 0.3) is 0 Å². The standard InChI is InChI=1S/C17H30N2/c1-17(2,3)14-16(18)11-13-19(4)12-10-15-8-6-5-7-9-15/h5-9,16H,10-14,18H2,1-4H3. The van der Waals surface area contributed by atoms with Crippen LogP contribution in [0.2, 0.25) is 0 Å². The van der Waals surface area contributed by atoms with E-state index in [0.29, 0.717) is 11.5 Å². The van der Waals surface area contributed by atoms with Gasteiger partial charge in [-0.1, -0.05) is 51.1 Å². The monoisotopic (exact) mass is 262 g/mol. The van der Waals surface area contributed by atoms with Crippen LogP contribution in [-0.2, 0) is 6.42 Å². The maximum absolute atomic E-state index is 6.19. The molecule has 0 heterocycles. The lowest BCUT2D eigenvalue weighted by molar-refractivity contribution is 0.284. The molecule has 1 atom stereocenters. The zero-order valence-electron chi connectivity index (χ0n) is 13.0. The van der Waals surface area contributed by atoms with Crippen LogP contribution in [0.5, 0.6) is 0 Å². The SMILES string of the molecule is CN(CCc1ccccc1)CCC(N)CC(C)(C)C. The van der Waals surface area contributed by atoms with Gasteiger partial charge in [0.1, 0.15) is 0 Å². The average molecular weight is 262 g/mol. The van der Waals surface area contributed by atoms with Crippen molar-refractivity contribution in [3.63, 3.8) is 0 Å². The van der Waals surface area contributed by atoms with Crippen molar-refractivity contribution in [1.82, 2.24) is 4.90 Å². The Balaban J connectivity index is 2.19. The molecule has 1 aromatic carbocycles. The fourth-order valence-electron chi connectivity index (χ4n) is 2.35. The second kappa shape index (κ2) is 7.66. The molecule has 1 rings (SSSR count). The summed E-state index contributed by atoms with van der Waals surface area (Å²) in [4.78, 5) is 2.38. The van der Waals surface area contributed by atoms with Gasteiger partial charge in [-0.05, 0) is 43.8 Å². The Kier molecular flexibility index (Phi) is 6.53. The second-order valence-electron chi connectivity index (χ2n) is 6.85. The first-order chi connectivity index (χ1) is 8.87. The van der Waals surface area contributed by atoms with Gasteiger partial charge in [0.15, 0.2) is 0 Å². The Morgan fingerprint density at radius 1 is 1.11 bits per heavy atom. The van der Waals surface area contributed by atoms with Gasteiger partial charge in [0.25, 0.3) is 0 Å². The first kappa shape index (κ1) is 16.2. The third-order valence-electron chi connectivity index (χ3n) is 3.38. The molecule has 0 spiro atoms. The Hall–Kier alpha value is -0.860. The summed E-state index contributed by atoms with van der Waals surface area (Å²) in [5.41, 5.74) is 7.93. The third-order valence-corrected chi connectivity index (χ3v) is 3.38. The largest absolute Gasteiger partial charge is 0.328 e. The highest BCUT2D eigenvalue weighted by Crippen LogP contribution is 2.21. The van der Waals surface area contributed by atoms with Crippen LogP contribution < -0.4 is 5.73 Å². The molecular formula is C17H30N2. The van der Waals surface area contributed by atoms with Gasteiger partial charge in [-0.3, -0.25) is 0 Å². The summed E-state index contributed by atoms with van der Waals surface area (Å²) >= 11 is 0. The molecule has 0 aliphatic carbocycles. The summed E-state index contributed by atoms with van der Waals surface area (Å²) in [6, 6.07) is 11.0. The summed E-state index contributed by atoms with van der Waals surface area (Å²) < 4.78 is 0. The first-order valence-corrected chi connectivity index (χ1v) is 7.35. The number of hydrogen-bond acceptors (Lipinski definition) is 2. The van der Waals surface area contributed by atoms with Crippen molar-refractivity contribution >= 4 is 0 Å². The summed E-state index contributed by atoms with van der Waals surface area (Å²) in [6.07, 6.45) is 3.30. The minimum absolute atomic E-state index is 0.319. The second-order valence-corrected chi connectivity index (χ2v) is 6.85. The van der Waals surface area contributed by atoms with Crippen molar-refractivity contribution in [2.45, 2.75) is 46.1 Å².